The van der Waals surface area contributed by atoms with E-state index in [9.17, 15) is 10.2 Å². The van der Waals surface area contributed by atoms with Gasteiger partial charge in [0.05, 0.1) is 0 Å². The Morgan fingerprint density at radius 1 is 0.680 bits per heavy atom. The molecule has 0 unspecified atom stereocenters. The summed E-state index contributed by atoms with van der Waals surface area (Å²) in [6, 6.07) is 17.1. The summed E-state index contributed by atoms with van der Waals surface area (Å²) in [6.07, 6.45) is 0. The molecule has 0 saturated carbocycles. The van der Waals surface area contributed by atoms with Crippen LogP contribution < -0.4 is 10.2 Å². The van der Waals surface area contributed by atoms with E-state index in [4.69, 9.17) is 30.6 Å². The fourth-order valence-electron chi connectivity index (χ4n) is 1.18. The van der Waals surface area contributed by atoms with Crippen molar-refractivity contribution in [2.45, 2.75) is 0 Å². The van der Waals surface area contributed by atoms with Crippen molar-refractivity contribution in [3.8, 4) is 0 Å². The first-order valence-corrected chi connectivity index (χ1v) is 6.34. The minimum atomic E-state index is -1.82. The molecule has 4 N–H and O–H groups in total. The standard InChI is InChI=1S/2C7H7NO.C2H2O4.Zn/c2*8-7(9)6-4-2-1-3-5-6;3-1(4)2(5)6;/h2*1-5H,(H2,8,9);(H,3,4)(H,5,6);/q;;;+2/p-2. The van der Waals surface area contributed by atoms with Crippen LogP contribution in [0, 0.1) is 10.8 Å². The Kier molecular flexibility index (Phi) is 13.0. The Morgan fingerprint density at radius 2 is 0.920 bits per heavy atom. The topological polar surface area (TPSA) is 168 Å². The number of rotatable bonds is 2. The SMILES string of the molecule is N=C([O-])c1ccccc1.N=C([O-])c1ccccc1.O=C(O)C(=O)O.[Zn+2]. The van der Waals surface area contributed by atoms with E-state index in [2.05, 4.69) is 0 Å². The van der Waals surface area contributed by atoms with Crippen molar-refractivity contribution in [2.75, 3.05) is 0 Å². The van der Waals surface area contributed by atoms with Gasteiger partial charge in [-0.25, -0.2) is 9.59 Å². The van der Waals surface area contributed by atoms with Crippen LogP contribution in [0.3, 0.4) is 0 Å². The van der Waals surface area contributed by atoms with Crippen molar-refractivity contribution in [1.82, 2.24) is 0 Å². The number of carbonyl (C=O) groups is 2. The summed E-state index contributed by atoms with van der Waals surface area (Å²) >= 11 is 0. The first-order valence-electron chi connectivity index (χ1n) is 6.34. The summed E-state index contributed by atoms with van der Waals surface area (Å²) in [5.41, 5.74) is 0.884. The van der Waals surface area contributed by atoms with Gasteiger partial charge in [-0.05, 0) is 22.9 Å². The Bertz CT molecular complexity index is 631. The summed E-state index contributed by atoms with van der Waals surface area (Å²) in [5, 5.41) is 48.8. The molecular weight excluding hydrogens is 382 g/mol. The van der Waals surface area contributed by atoms with E-state index in [1.165, 1.54) is 0 Å². The zero-order chi connectivity index (χ0) is 18.5. The van der Waals surface area contributed by atoms with Gasteiger partial charge in [-0.15, -0.1) is 0 Å². The van der Waals surface area contributed by atoms with E-state index < -0.39 is 23.7 Å². The van der Waals surface area contributed by atoms with Gasteiger partial charge in [0, 0.05) is 0 Å². The molecule has 0 aliphatic rings. The van der Waals surface area contributed by atoms with Gasteiger partial charge in [-0.3, -0.25) is 0 Å². The Hall–Kier alpha value is -3.06. The van der Waals surface area contributed by atoms with E-state index in [1.807, 2.05) is 12.1 Å². The molecule has 0 spiro atoms. The summed E-state index contributed by atoms with van der Waals surface area (Å²) < 4.78 is 0. The maximum absolute atomic E-state index is 10.3. The average molecular weight is 396 g/mol. The second-order valence-electron chi connectivity index (χ2n) is 4.00. The molecule has 2 aromatic carbocycles. The van der Waals surface area contributed by atoms with Gasteiger partial charge in [0.2, 0.25) is 0 Å². The number of carboxylic acids is 2. The van der Waals surface area contributed by atoms with Crippen molar-refractivity contribution < 1.29 is 49.5 Å². The van der Waals surface area contributed by atoms with E-state index >= 15 is 0 Å². The number of benzene rings is 2. The van der Waals surface area contributed by atoms with Crippen LogP contribution in [0.5, 0.6) is 0 Å². The van der Waals surface area contributed by atoms with Crippen LogP contribution >= 0.6 is 0 Å². The molecule has 0 amide bonds. The third kappa shape index (κ3) is 12.1. The third-order valence-electron chi connectivity index (χ3n) is 2.25. The van der Waals surface area contributed by atoms with Crippen LogP contribution in [0.1, 0.15) is 11.1 Å². The number of hydrogen-bond donors (Lipinski definition) is 4. The van der Waals surface area contributed by atoms with Crippen molar-refractivity contribution in [2.24, 2.45) is 0 Å². The van der Waals surface area contributed by atoms with Crippen molar-refractivity contribution in [1.29, 1.82) is 10.8 Å². The third-order valence-corrected chi connectivity index (χ3v) is 2.25. The van der Waals surface area contributed by atoms with Crippen LogP contribution in [0.4, 0.5) is 0 Å². The quantitative estimate of drug-likeness (QED) is 0.239. The van der Waals surface area contributed by atoms with E-state index in [0.717, 1.165) is 0 Å². The predicted octanol–water partition coefficient (Wildman–Crippen LogP) is -0.102. The van der Waals surface area contributed by atoms with E-state index in [-0.39, 0.29) is 19.5 Å². The zero-order valence-corrected chi connectivity index (χ0v) is 16.0. The average Bonchev–Trinajstić information content (AvgIpc) is 2.57. The minimum Gasteiger partial charge on any atom is -0.859 e. The van der Waals surface area contributed by atoms with Crippen LogP contribution in [0.2, 0.25) is 0 Å². The Morgan fingerprint density at radius 3 is 1.04 bits per heavy atom. The van der Waals surface area contributed by atoms with Gasteiger partial charge < -0.3 is 31.2 Å². The number of nitrogens with one attached hydrogen (secondary N) is 2. The van der Waals surface area contributed by atoms with Crippen LogP contribution in [-0.2, 0) is 29.1 Å². The maximum Gasteiger partial charge on any atom is 2.00 e. The molecule has 0 saturated heterocycles. The molecule has 0 aromatic heterocycles. The molecular formula is C16H14N2O6Zn. The minimum absolute atomic E-state index is 0. The van der Waals surface area contributed by atoms with Crippen molar-refractivity contribution in [3.63, 3.8) is 0 Å². The summed E-state index contributed by atoms with van der Waals surface area (Å²) in [6.45, 7) is 0. The fourth-order valence-corrected chi connectivity index (χ4v) is 1.18. The summed E-state index contributed by atoms with van der Waals surface area (Å²) in [5.74, 6) is -4.91. The Balaban J connectivity index is 0. The van der Waals surface area contributed by atoms with Crippen molar-refractivity contribution in [3.05, 3.63) is 71.8 Å². The smallest absolute Gasteiger partial charge is 0.859 e. The molecule has 0 bridgehead atoms. The second kappa shape index (κ2) is 13.4. The van der Waals surface area contributed by atoms with E-state index in [0.29, 0.717) is 11.1 Å². The number of hydrogen-bond acceptors (Lipinski definition) is 6. The predicted molar refractivity (Wildman–Crippen MR) is 81.8 cm³/mol. The van der Waals surface area contributed by atoms with Gasteiger partial charge >= 0.3 is 31.4 Å². The van der Waals surface area contributed by atoms with Crippen molar-refractivity contribution >= 4 is 23.7 Å². The molecule has 0 aliphatic carbocycles. The second-order valence-corrected chi connectivity index (χ2v) is 4.00. The maximum atomic E-state index is 10.3. The van der Waals surface area contributed by atoms with Gasteiger partial charge in [-0.1, -0.05) is 60.7 Å². The van der Waals surface area contributed by atoms with Gasteiger partial charge in [-0.2, -0.15) is 0 Å². The molecule has 25 heavy (non-hydrogen) atoms. The zero-order valence-electron chi connectivity index (χ0n) is 13.0. The normalized spacial score (nSPS) is 8.16. The summed E-state index contributed by atoms with van der Waals surface area (Å²) in [4.78, 5) is 18.2. The van der Waals surface area contributed by atoms with E-state index in [1.54, 1.807) is 48.5 Å². The molecule has 8 nitrogen and oxygen atoms in total. The molecule has 9 heteroatoms. The molecule has 0 atom stereocenters. The fraction of sp³-hybridized carbons (Fsp3) is 0. The number of aliphatic carboxylic acids is 2. The summed E-state index contributed by atoms with van der Waals surface area (Å²) in [7, 11) is 0. The van der Waals surface area contributed by atoms with Gasteiger partial charge in [0.15, 0.2) is 0 Å². The Labute approximate surface area is 156 Å². The van der Waals surface area contributed by atoms with Crippen LogP contribution in [0.15, 0.2) is 60.7 Å². The molecule has 126 valence electrons. The first kappa shape index (κ1) is 24.2. The molecule has 0 radical (unpaired) electrons. The molecule has 0 heterocycles. The van der Waals surface area contributed by atoms with Crippen LogP contribution in [-0.4, -0.2) is 33.9 Å². The van der Waals surface area contributed by atoms with Crippen LogP contribution in [0.25, 0.3) is 0 Å². The monoisotopic (exact) mass is 394 g/mol. The van der Waals surface area contributed by atoms with Gasteiger partial charge in [0.1, 0.15) is 0 Å². The molecule has 2 aromatic rings. The first-order chi connectivity index (χ1) is 11.3. The van der Waals surface area contributed by atoms with Gasteiger partial charge in [0.25, 0.3) is 0 Å². The molecule has 0 aliphatic heterocycles. The molecule has 2 rings (SSSR count). The largest absolute Gasteiger partial charge is 2.00 e. The number of carboxylic acid groups (broad SMARTS) is 2. The molecule has 0 fully saturated rings.